The number of carbonyl (C=O) groups excluding carboxylic acids is 1. The number of hydrogen-bond donors (Lipinski definition) is 1. The van der Waals surface area contributed by atoms with Gasteiger partial charge in [-0.3, -0.25) is 9.69 Å². The first-order chi connectivity index (χ1) is 11.7. The molecule has 4 rings (SSSR count). The second kappa shape index (κ2) is 6.39. The number of amides is 1. The van der Waals surface area contributed by atoms with Crippen LogP contribution < -0.4 is 5.32 Å². The van der Waals surface area contributed by atoms with E-state index < -0.39 is 0 Å². The van der Waals surface area contributed by atoms with Gasteiger partial charge in [-0.05, 0) is 51.3 Å². The molecule has 0 spiro atoms. The summed E-state index contributed by atoms with van der Waals surface area (Å²) in [7, 11) is 0. The van der Waals surface area contributed by atoms with Crippen LogP contribution in [0.3, 0.4) is 0 Å². The number of furan rings is 1. The predicted octanol–water partition coefficient (Wildman–Crippen LogP) is 2.55. The molecule has 2 atom stereocenters. The Hall–Kier alpha value is -2.15. The van der Waals surface area contributed by atoms with Crippen LogP contribution in [0.1, 0.15) is 68.1 Å². The quantitative estimate of drug-likeness (QED) is 0.876. The minimum absolute atomic E-state index is 0.0169. The molecule has 7 nitrogen and oxygen atoms in total. The van der Waals surface area contributed by atoms with Gasteiger partial charge >= 0.3 is 0 Å². The minimum atomic E-state index is -0.139. The summed E-state index contributed by atoms with van der Waals surface area (Å²) in [5.41, 5.74) is 0. The van der Waals surface area contributed by atoms with Crippen LogP contribution in [0.15, 0.2) is 27.3 Å². The van der Waals surface area contributed by atoms with Crippen LogP contribution in [0, 0.1) is 0 Å². The molecule has 2 aromatic rings. The second-order valence-corrected chi connectivity index (χ2v) is 6.70. The van der Waals surface area contributed by atoms with Crippen LogP contribution in [-0.4, -0.2) is 34.0 Å². The molecule has 1 saturated carbocycles. The normalized spacial score (nSPS) is 22.6. The maximum atomic E-state index is 12.3. The van der Waals surface area contributed by atoms with Crippen LogP contribution in [0.25, 0.3) is 0 Å². The van der Waals surface area contributed by atoms with Crippen LogP contribution in [0.5, 0.6) is 0 Å². The molecular formula is C17H22N4O3. The third-order valence-corrected chi connectivity index (χ3v) is 4.74. The summed E-state index contributed by atoms with van der Waals surface area (Å²) in [5.74, 6) is 2.68. The molecule has 2 aliphatic rings. The van der Waals surface area contributed by atoms with Gasteiger partial charge in [-0.25, -0.2) is 0 Å². The molecule has 3 heterocycles. The number of carbonyl (C=O) groups is 1. The number of rotatable bonds is 6. The molecule has 0 aromatic carbocycles. The highest BCUT2D eigenvalue weighted by atomic mass is 16.5. The summed E-state index contributed by atoms with van der Waals surface area (Å²) < 4.78 is 10.7. The lowest BCUT2D eigenvalue weighted by Crippen LogP contribution is -2.38. The number of nitrogens with zero attached hydrogens (tertiary/aromatic N) is 3. The Kier molecular flexibility index (Phi) is 4.10. The van der Waals surface area contributed by atoms with Gasteiger partial charge in [-0.2, -0.15) is 4.98 Å². The zero-order valence-corrected chi connectivity index (χ0v) is 13.8. The van der Waals surface area contributed by atoms with E-state index in [1.807, 2.05) is 19.1 Å². The molecule has 24 heavy (non-hydrogen) atoms. The number of aromatic nitrogens is 2. The maximum Gasteiger partial charge on any atom is 0.234 e. The van der Waals surface area contributed by atoms with Crippen molar-refractivity contribution < 1.29 is 13.7 Å². The Labute approximate surface area is 140 Å². The summed E-state index contributed by atoms with van der Waals surface area (Å²) in [6.45, 7) is 3.13. The fraction of sp³-hybridized carbons (Fsp3) is 0.588. The van der Waals surface area contributed by atoms with Gasteiger partial charge in [0.15, 0.2) is 5.82 Å². The van der Waals surface area contributed by atoms with Crippen molar-refractivity contribution in [2.45, 2.75) is 50.6 Å². The van der Waals surface area contributed by atoms with E-state index in [4.69, 9.17) is 8.94 Å². The molecule has 1 aliphatic carbocycles. The molecule has 0 unspecified atom stereocenters. The largest absolute Gasteiger partial charge is 0.467 e. The minimum Gasteiger partial charge on any atom is -0.467 e. The zero-order valence-electron chi connectivity index (χ0n) is 13.8. The summed E-state index contributed by atoms with van der Waals surface area (Å²) in [6.07, 6.45) is 5.90. The standard InChI is InChI=1S/C17H22N4O3/c1-11(14-5-3-9-23-14)18-15(22)10-21-8-2-4-13(21)16-19-17(24-20-16)12-6-7-12/h3,5,9,11-13H,2,4,6-8,10H2,1H3,(H,18,22)/t11-,13+/m0/s1. The molecule has 7 heteroatoms. The van der Waals surface area contributed by atoms with Crippen molar-refractivity contribution in [3.63, 3.8) is 0 Å². The van der Waals surface area contributed by atoms with E-state index in [0.717, 1.165) is 49.7 Å². The predicted molar refractivity (Wildman–Crippen MR) is 85.1 cm³/mol. The smallest absolute Gasteiger partial charge is 0.234 e. The van der Waals surface area contributed by atoms with E-state index in [-0.39, 0.29) is 18.0 Å². The number of nitrogens with one attached hydrogen (secondary N) is 1. The molecular weight excluding hydrogens is 308 g/mol. The Balaban J connectivity index is 1.36. The third-order valence-electron chi connectivity index (χ3n) is 4.74. The van der Waals surface area contributed by atoms with Crippen molar-refractivity contribution in [3.05, 3.63) is 35.9 Å². The summed E-state index contributed by atoms with van der Waals surface area (Å²) in [6, 6.07) is 3.62. The van der Waals surface area contributed by atoms with Gasteiger partial charge in [0.05, 0.1) is 24.9 Å². The molecule has 128 valence electrons. The summed E-state index contributed by atoms with van der Waals surface area (Å²) in [4.78, 5) is 19.0. The lowest BCUT2D eigenvalue weighted by Gasteiger charge is -2.22. The fourth-order valence-corrected chi connectivity index (χ4v) is 3.27. The Morgan fingerprint density at radius 1 is 1.46 bits per heavy atom. The molecule has 1 aliphatic heterocycles. The molecule has 1 N–H and O–H groups in total. The van der Waals surface area contributed by atoms with E-state index in [1.54, 1.807) is 6.26 Å². The monoisotopic (exact) mass is 330 g/mol. The van der Waals surface area contributed by atoms with Gasteiger partial charge < -0.3 is 14.3 Å². The number of likely N-dealkylation sites (tertiary alicyclic amines) is 1. The van der Waals surface area contributed by atoms with Crippen molar-refractivity contribution in [2.75, 3.05) is 13.1 Å². The van der Waals surface area contributed by atoms with E-state index >= 15 is 0 Å². The van der Waals surface area contributed by atoms with Gasteiger partial charge in [-0.15, -0.1) is 0 Å². The Morgan fingerprint density at radius 2 is 2.33 bits per heavy atom. The number of hydrogen-bond acceptors (Lipinski definition) is 6. The van der Waals surface area contributed by atoms with Crippen LogP contribution in [0.2, 0.25) is 0 Å². The van der Waals surface area contributed by atoms with E-state index in [2.05, 4.69) is 20.4 Å². The van der Waals surface area contributed by atoms with Gasteiger partial charge in [0.25, 0.3) is 0 Å². The first-order valence-corrected chi connectivity index (χ1v) is 8.61. The van der Waals surface area contributed by atoms with Crippen molar-refractivity contribution >= 4 is 5.91 Å². The van der Waals surface area contributed by atoms with Gasteiger partial charge in [0.2, 0.25) is 11.8 Å². The molecule has 0 bridgehead atoms. The Bertz CT molecular complexity index is 693. The maximum absolute atomic E-state index is 12.3. The molecule has 2 fully saturated rings. The second-order valence-electron chi connectivity index (χ2n) is 6.70. The molecule has 2 aromatic heterocycles. The van der Waals surface area contributed by atoms with Gasteiger partial charge in [-0.1, -0.05) is 5.16 Å². The van der Waals surface area contributed by atoms with E-state index in [0.29, 0.717) is 12.5 Å². The zero-order chi connectivity index (χ0) is 16.5. The van der Waals surface area contributed by atoms with Crippen molar-refractivity contribution in [3.8, 4) is 0 Å². The van der Waals surface area contributed by atoms with Gasteiger partial charge in [0.1, 0.15) is 5.76 Å². The lowest BCUT2D eigenvalue weighted by molar-refractivity contribution is -0.123. The van der Waals surface area contributed by atoms with Crippen LogP contribution in [0.4, 0.5) is 0 Å². The SMILES string of the molecule is C[C@H](NC(=O)CN1CCC[C@@H]1c1noc(C2CC2)n1)c1ccco1. The molecule has 0 radical (unpaired) electrons. The Morgan fingerprint density at radius 3 is 3.08 bits per heavy atom. The highest BCUT2D eigenvalue weighted by molar-refractivity contribution is 5.78. The third kappa shape index (κ3) is 3.21. The highest BCUT2D eigenvalue weighted by Crippen LogP contribution is 2.40. The highest BCUT2D eigenvalue weighted by Gasteiger charge is 2.34. The first kappa shape index (κ1) is 15.4. The average molecular weight is 330 g/mol. The summed E-state index contributed by atoms with van der Waals surface area (Å²) >= 11 is 0. The van der Waals surface area contributed by atoms with Crippen molar-refractivity contribution in [1.29, 1.82) is 0 Å². The molecule has 1 saturated heterocycles. The van der Waals surface area contributed by atoms with Crippen molar-refractivity contribution in [2.24, 2.45) is 0 Å². The summed E-state index contributed by atoms with van der Waals surface area (Å²) in [5, 5.41) is 7.12. The van der Waals surface area contributed by atoms with Crippen molar-refractivity contribution in [1.82, 2.24) is 20.4 Å². The molecule has 1 amide bonds. The van der Waals surface area contributed by atoms with E-state index in [9.17, 15) is 4.79 Å². The fourth-order valence-electron chi connectivity index (χ4n) is 3.27. The first-order valence-electron chi connectivity index (χ1n) is 8.61. The van der Waals surface area contributed by atoms with Crippen LogP contribution >= 0.6 is 0 Å². The average Bonchev–Trinajstić information content (AvgIpc) is 3.01. The van der Waals surface area contributed by atoms with Gasteiger partial charge in [0, 0.05) is 5.92 Å². The lowest BCUT2D eigenvalue weighted by atomic mass is 10.2. The van der Waals surface area contributed by atoms with E-state index in [1.165, 1.54) is 0 Å². The topological polar surface area (TPSA) is 84.4 Å². The van der Waals surface area contributed by atoms with Crippen LogP contribution in [-0.2, 0) is 4.79 Å².